The van der Waals surface area contributed by atoms with Crippen LogP contribution >= 0.6 is 24.8 Å². The van der Waals surface area contributed by atoms with Gasteiger partial charge in [0.15, 0.2) is 0 Å². The average molecular weight is 1000 g/mol. The van der Waals surface area contributed by atoms with Crippen molar-refractivity contribution in [2.45, 2.75) is 160 Å². The van der Waals surface area contributed by atoms with E-state index in [9.17, 15) is 0 Å². The van der Waals surface area contributed by atoms with Crippen LogP contribution in [0.1, 0.15) is 133 Å². The number of allylic oxidation sites excluding steroid dienone is 2. The van der Waals surface area contributed by atoms with Crippen molar-refractivity contribution in [1.29, 1.82) is 0 Å². The van der Waals surface area contributed by atoms with Gasteiger partial charge in [-0.3, -0.25) is 0 Å². The summed E-state index contributed by atoms with van der Waals surface area (Å²) in [4.78, 5) is 0. The molecule has 62 heavy (non-hydrogen) atoms. The van der Waals surface area contributed by atoms with Gasteiger partial charge < -0.3 is 0 Å². The Morgan fingerprint density at radius 3 is 1.16 bits per heavy atom. The van der Waals surface area contributed by atoms with Gasteiger partial charge in [-0.2, -0.15) is 0 Å². The average Bonchev–Trinajstić information content (AvgIpc) is 3.80. The minimum absolute atomic E-state index is 0. The van der Waals surface area contributed by atoms with Crippen molar-refractivity contribution >= 4 is 70.4 Å². The molecule has 0 heterocycles. The van der Waals surface area contributed by atoms with Gasteiger partial charge in [-0.25, -0.2) is 0 Å². The van der Waals surface area contributed by atoms with Crippen LogP contribution in [0.4, 0.5) is 0 Å². The van der Waals surface area contributed by atoms with Gasteiger partial charge in [0, 0.05) is 0 Å². The molecule has 2 unspecified atom stereocenters. The molecule has 4 aromatic carbocycles. The molecule has 334 valence electrons. The molecule has 4 aliphatic carbocycles. The van der Waals surface area contributed by atoms with Gasteiger partial charge in [0.1, 0.15) is 0 Å². The van der Waals surface area contributed by atoms with Crippen LogP contribution in [0.25, 0.3) is 34.4 Å². The van der Waals surface area contributed by atoms with E-state index in [2.05, 4.69) is 166 Å². The minimum atomic E-state index is -3.97. The molecule has 2 atom stereocenters. The molecule has 8 rings (SSSR count). The predicted molar refractivity (Wildman–Crippen MR) is 287 cm³/mol. The Morgan fingerprint density at radius 1 is 0.516 bits per heavy atom. The second kappa shape index (κ2) is 18.6. The van der Waals surface area contributed by atoms with Gasteiger partial charge in [0.05, 0.1) is 0 Å². The fourth-order valence-corrected chi connectivity index (χ4v) is 35.2. The predicted octanol–water partition coefficient (Wildman–Crippen LogP) is 16.4. The Morgan fingerprint density at radius 2 is 0.855 bits per heavy atom. The normalized spacial score (nSPS) is 20.9. The van der Waals surface area contributed by atoms with Crippen LogP contribution in [0.3, 0.4) is 0 Å². The van der Waals surface area contributed by atoms with E-state index in [0.29, 0.717) is 18.1 Å². The first-order valence-corrected chi connectivity index (χ1v) is 45.0. The molecule has 0 radical (unpaired) electrons. The van der Waals surface area contributed by atoms with Gasteiger partial charge >= 0.3 is 374 Å². The monoisotopic (exact) mass is 996 g/mol. The van der Waals surface area contributed by atoms with Crippen LogP contribution in [-0.4, -0.2) is 23.0 Å². The van der Waals surface area contributed by atoms with Gasteiger partial charge in [-0.15, -0.1) is 24.8 Å². The van der Waals surface area contributed by atoms with E-state index in [4.69, 9.17) is 0 Å². The maximum Gasteiger partial charge on any atom is -0.147 e. The van der Waals surface area contributed by atoms with Crippen molar-refractivity contribution in [2.75, 3.05) is 0 Å². The smallest absolute Gasteiger partial charge is 0.147 e. The standard InChI is InChI=1S/2C27H35Si.2CH3.2ClH.H2Si.Zr/c2*1-5-27(16-7-6-8-17-27)20-21-18-23-10-9-11-25(26(23)19-21)22-12-14-24(15-13-22)28(2,3)4;;;;;;/h2*9-15,18-19H,5-8,16-17,20H2,1-4H3;2*1H3;2*1H;1H2;. The molecule has 2 saturated carbocycles. The maximum atomic E-state index is 2.94. The SMILES string of the molecule is CCC1(CC2=Cc3c(-c4ccc([Si](C)(C)C)cc4)cccc3[CH]2[Zr]([CH3])([CH3])(=[SiH2])[CH]2C(CC3(CC)CCCCC3)=Cc3c(-c4ccc([Si](C)(C)C)cc4)cccc32)CCCCC1.Cl.Cl. The number of fused-ring (bicyclic) bond motifs is 2. The van der Waals surface area contributed by atoms with Crippen LogP contribution in [0, 0.1) is 10.8 Å². The third kappa shape index (κ3) is 9.52. The van der Waals surface area contributed by atoms with Crippen LogP contribution in [0.2, 0.25) is 48.5 Å². The van der Waals surface area contributed by atoms with Crippen LogP contribution in [0.5, 0.6) is 0 Å². The molecule has 0 saturated heterocycles. The molecule has 0 N–H and O–H groups in total. The molecule has 4 aliphatic rings. The summed E-state index contributed by atoms with van der Waals surface area (Å²) in [7, 11) is -2.78. The second-order valence-electron chi connectivity index (χ2n) is 23.7. The first-order valence-electron chi connectivity index (χ1n) is 24.3. The van der Waals surface area contributed by atoms with Crippen molar-refractivity contribution < 1.29 is 17.4 Å². The quantitative estimate of drug-likeness (QED) is 0.124. The number of hydrogen-bond acceptors (Lipinski definition) is 0. The van der Waals surface area contributed by atoms with E-state index in [-0.39, 0.29) is 24.8 Å². The molecule has 6 heteroatoms. The van der Waals surface area contributed by atoms with Crippen molar-refractivity contribution in [3.05, 3.63) is 118 Å². The Labute approximate surface area is 395 Å². The summed E-state index contributed by atoms with van der Waals surface area (Å²) in [6, 6.07) is 34.6. The topological polar surface area (TPSA) is 0 Å². The first-order chi connectivity index (χ1) is 28.4. The molecule has 0 aliphatic heterocycles. The summed E-state index contributed by atoms with van der Waals surface area (Å²) in [6.45, 7) is 22.5. The maximum absolute atomic E-state index is 3.97. The zero-order chi connectivity index (χ0) is 42.7. The Hall–Kier alpha value is -1.53. The van der Waals surface area contributed by atoms with E-state index in [1.807, 2.05) is 0 Å². The fraction of sp³-hybridized carbons (Fsp3) is 0.500. The number of halogens is 2. The zero-order valence-electron chi connectivity index (χ0n) is 40.3. The number of rotatable bonds is 12. The molecule has 0 aromatic heterocycles. The summed E-state index contributed by atoms with van der Waals surface area (Å²) in [5, 5.41) is 3.10. The first kappa shape index (κ1) is 49.9. The summed E-state index contributed by atoms with van der Waals surface area (Å²) in [5.41, 5.74) is 16.6. The zero-order valence-corrected chi connectivity index (χ0v) is 47.8. The Balaban J connectivity index is 0.00000321. The van der Waals surface area contributed by atoms with Gasteiger partial charge in [0.25, 0.3) is 0 Å². The van der Waals surface area contributed by atoms with Gasteiger partial charge in [0.2, 0.25) is 0 Å². The number of benzene rings is 4. The van der Waals surface area contributed by atoms with Crippen molar-refractivity contribution in [1.82, 2.24) is 0 Å². The summed E-state index contributed by atoms with van der Waals surface area (Å²) in [5.74, 6) is 0. The molecule has 4 aromatic rings. The van der Waals surface area contributed by atoms with Gasteiger partial charge in [-0.1, -0.05) is 0 Å². The largest absolute Gasteiger partial charge is 0.147 e. The molecule has 0 nitrogen and oxygen atoms in total. The Bertz CT molecular complexity index is 2190. The van der Waals surface area contributed by atoms with Crippen molar-refractivity contribution in [3.8, 4) is 22.3 Å². The van der Waals surface area contributed by atoms with E-state index in [0.717, 1.165) is 0 Å². The van der Waals surface area contributed by atoms with E-state index in [1.165, 1.54) is 112 Å². The summed E-state index contributed by atoms with van der Waals surface area (Å²) < 4.78 is 6.94. The molecule has 2 fully saturated rings. The van der Waals surface area contributed by atoms with Crippen LogP contribution < -0.4 is 10.4 Å². The third-order valence-corrected chi connectivity index (χ3v) is 38.4. The fourth-order valence-electron chi connectivity index (χ4n) is 13.2. The number of hydrogen-bond donors (Lipinski definition) is 0. The Kier molecular flexibility index (Phi) is 15.0. The van der Waals surface area contributed by atoms with E-state index < -0.39 is 33.5 Å². The van der Waals surface area contributed by atoms with Crippen LogP contribution in [0.15, 0.2) is 96.1 Å². The summed E-state index contributed by atoms with van der Waals surface area (Å²) in [6.07, 6.45) is 24.8. The third-order valence-electron chi connectivity index (χ3n) is 16.8. The van der Waals surface area contributed by atoms with Crippen molar-refractivity contribution in [3.63, 3.8) is 0 Å². The van der Waals surface area contributed by atoms with E-state index >= 15 is 0 Å². The molecule has 0 spiro atoms. The summed E-state index contributed by atoms with van der Waals surface area (Å²) >= 11 is -3.97. The molecule has 0 amide bonds. The minimum Gasteiger partial charge on any atom is -0.147 e. The van der Waals surface area contributed by atoms with E-state index in [1.54, 1.807) is 43.8 Å². The molecule has 0 bridgehead atoms. The van der Waals surface area contributed by atoms with Gasteiger partial charge in [-0.05, 0) is 0 Å². The van der Waals surface area contributed by atoms with Crippen LogP contribution in [-0.2, 0) is 17.4 Å². The second-order valence-corrected chi connectivity index (χ2v) is 64.3. The molecular weight excluding hydrogens is 919 g/mol. The molecular formula is C56H80Cl2Si3Zr. The van der Waals surface area contributed by atoms with Crippen molar-refractivity contribution in [2.24, 2.45) is 10.8 Å².